The van der Waals surface area contributed by atoms with Crippen LogP contribution in [-0.4, -0.2) is 41.8 Å². The van der Waals surface area contributed by atoms with Crippen molar-refractivity contribution in [3.05, 3.63) is 0 Å². The molecule has 0 aromatic rings. The highest BCUT2D eigenvalue weighted by atomic mass is 16.5. The van der Waals surface area contributed by atoms with E-state index in [4.69, 9.17) is 15.6 Å². The normalized spacial score (nSPS) is 25.9. The van der Waals surface area contributed by atoms with Crippen LogP contribution in [0.15, 0.2) is 0 Å². The summed E-state index contributed by atoms with van der Waals surface area (Å²) >= 11 is 0. The molecule has 1 heterocycles. The highest BCUT2D eigenvalue weighted by Gasteiger charge is 2.39. The van der Waals surface area contributed by atoms with Crippen molar-refractivity contribution in [3.63, 3.8) is 0 Å². The summed E-state index contributed by atoms with van der Waals surface area (Å²) in [7, 11) is 0. The van der Waals surface area contributed by atoms with E-state index in [2.05, 4.69) is 5.32 Å². The van der Waals surface area contributed by atoms with Crippen LogP contribution in [0.25, 0.3) is 0 Å². The molecule has 1 aliphatic heterocycles. The zero-order valence-electron chi connectivity index (χ0n) is 10.2. The van der Waals surface area contributed by atoms with Crippen molar-refractivity contribution < 1.29 is 19.4 Å². The van der Waals surface area contributed by atoms with Crippen LogP contribution < -0.4 is 11.1 Å². The number of carbonyl (C=O) groups is 2. The maximum absolute atomic E-state index is 11.9. The van der Waals surface area contributed by atoms with E-state index in [9.17, 15) is 9.59 Å². The van der Waals surface area contributed by atoms with Crippen LogP contribution >= 0.6 is 0 Å². The third-order valence-corrected chi connectivity index (χ3v) is 2.81. The van der Waals surface area contributed by atoms with Crippen molar-refractivity contribution in [2.45, 2.75) is 38.3 Å². The molecular weight excluding hydrogens is 224 g/mol. The number of nitrogens with two attached hydrogens (primary N) is 1. The molecule has 6 heteroatoms. The summed E-state index contributed by atoms with van der Waals surface area (Å²) in [5, 5.41) is 11.5. The second-order valence-electron chi connectivity index (χ2n) is 4.95. The molecule has 0 radical (unpaired) electrons. The van der Waals surface area contributed by atoms with Gasteiger partial charge in [0.2, 0.25) is 5.91 Å². The summed E-state index contributed by atoms with van der Waals surface area (Å²) in [6.45, 7) is 4.39. The van der Waals surface area contributed by atoms with Crippen LogP contribution in [0.2, 0.25) is 0 Å². The minimum absolute atomic E-state index is 0.146. The summed E-state index contributed by atoms with van der Waals surface area (Å²) in [4.78, 5) is 22.9. The van der Waals surface area contributed by atoms with E-state index in [0.29, 0.717) is 19.4 Å². The Kier molecular flexibility index (Phi) is 4.47. The molecule has 2 atom stereocenters. The average molecular weight is 244 g/mol. The van der Waals surface area contributed by atoms with Gasteiger partial charge in [-0.15, -0.1) is 0 Å². The largest absolute Gasteiger partial charge is 0.480 e. The van der Waals surface area contributed by atoms with Gasteiger partial charge in [0, 0.05) is 6.61 Å². The Morgan fingerprint density at radius 3 is 2.59 bits per heavy atom. The van der Waals surface area contributed by atoms with Crippen molar-refractivity contribution in [2.75, 3.05) is 13.2 Å². The molecule has 4 N–H and O–H groups in total. The minimum Gasteiger partial charge on any atom is -0.480 e. The van der Waals surface area contributed by atoms with Gasteiger partial charge in [-0.3, -0.25) is 4.79 Å². The number of aliphatic carboxylic acids is 1. The van der Waals surface area contributed by atoms with Gasteiger partial charge in [-0.05, 0) is 18.8 Å². The van der Waals surface area contributed by atoms with Crippen LogP contribution in [-0.2, 0) is 14.3 Å². The topological polar surface area (TPSA) is 102 Å². The number of amides is 1. The fraction of sp³-hybridized carbons (Fsp3) is 0.818. The molecule has 1 saturated heterocycles. The number of hydrogen-bond donors (Lipinski definition) is 3. The molecule has 0 aromatic carbocycles. The summed E-state index contributed by atoms with van der Waals surface area (Å²) in [5.74, 6) is -1.29. The lowest BCUT2D eigenvalue weighted by Crippen LogP contribution is -2.58. The number of nitrogens with one attached hydrogen (secondary N) is 1. The van der Waals surface area contributed by atoms with E-state index in [0.717, 1.165) is 0 Å². The van der Waals surface area contributed by atoms with Crippen LogP contribution in [0.3, 0.4) is 0 Å². The second kappa shape index (κ2) is 5.46. The van der Waals surface area contributed by atoms with Gasteiger partial charge >= 0.3 is 5.97 Å². The Labute approximate surface area is 101 Å². The highest BCUT2D eigenvalue weighted by Crippen LogP contribution is 2.16. The second-order valence-corrected chi connectivity index (χ2v) is 4.95. The monoisotopic (exact) mass is 244 g/mol. The van der Waals surface area contributed by atoms with E-state index in [1.165, 1.54) is 0 Å². The van der Waals surface area contributed by atoms with E-state index in [-0.39, 0.29) is 12.5 Å². The van der Waals surface area contributed by atoms with Gasteiger partial charge in [-0.2, -0.15) is 0 Å². The number of hydrogen-bond acceptors (Lipinski definition) is 4. The maximum atomic E-state index is 11.9. The van der Waals surface area contributed by atoms with Crippen molar-refractivity contribution >= 4 is 11.9 Å². The quantitative estimate of drug-likeness (QED) is 0.617. The molecule has 1 rings (SSSR count). The van der Waals surface area contributed by atoms with E-state index in [1.807, 2.05) is 13.8 Å². The number of carbonyl (C=O) groups excluding carboxylic acids is 1. The third kappa shape index (κ3) is 3.67. The average Bonchev–Trinajstić information content (AvgIpc) is 2.64. The van der Waals surface area contributed by atoms with Crippen molar-refractivity contribution in [2.24, 2.45) is 11.7 Å². The van der Waals surface area contributed by atoms with Gasteiger partial charge in [0.15, 0.2) is 0 Å². The number of rotatable bonds is 5. The molecule has 0 aromatic heterocycles. The Morgan fingerprint density at radius 2 is 2.18 bits per heavy atom. The van der Waals surface area contributed by atoms with Gasteiger partial charge in [0.25, 0.3) is 0 Å². The van der Waals surface area contributed by atoms with Crippen molar-refractivity contribution in [1.29, 1.82) is 0 Å². The Hall–Kier alpha value is -1.14. The van der Waals surface area contributed by atoms with E-state index >= 15 is 0 Å². The lowest BCUT2D eigenvalue weighted by Gasteiger charge is -2.24. The third-order valence-electron chi connectivity index (χ3n) is 2.81. The molecule has 1 unspecified atom stereocenters. The minimum atomic E-state index is -1.08. The van der Waals surface area contributed by atoms with Gasteiger partial charge in [0.05, 0.1) is 6.61 Å². The molecule has 1 amide bonds. The molecule has 6 nitrogen and oxygen atoms in total. The predicted octanol–water partition coefficient (Wildman–Crippen LogP) is -0.280. The molecule has 17 heavy (non-hydrogen) atoms. The highest BCUT2D eigenvalue weighted by molar-refractivity contribution is 5.90. The zero-order chi connectivity index (χ0) is 13.1. The van der Waals surface area contributed by atoms with Crippen molar-refractivity contribution in [1.82, 2.24) is 5.32 Å². The van der Waals surface area contributed by atoms with Crippen molar-refractivity contribution in [3.8, 4) is 0 Å². The predicted molar refractivity (Wildman–Crippen MR) is 61.4 cm³/mol. The molecule has 1 fully saturated rings. The van der Waals surface area contributed by atoms with Gasteiger partial charge in [-0.25, -0.2) is 4.79 Å². The molecule has 0 saturated carbocycles. The zero-order valence-corrected chi connectivity index (χ0v) is 10.2. The Balaban J connectivity index is 2.60. The number of carboxylic acids is 1. The Morgan fingerprint density at radius 1 is 1.53 bits per heavy atom. The smallest absolute Gasteiger partial charge is 0.326 e. The van der Waals surface area contributed by atoms with Crippen LogP contribution in [0.1, 0.15) is 26.7 Å². The lowest BCUT2D eigenvalue weighted by atomic mass is 9.97. The molecule has 0 bridgehead atoms. The molecule has 0 spiro atoms. The van der Waals surface area contributed by atoms with Crippen LogP contribution in [0, 0.1) is 5.92 Å². The fourth-order valence-electron chi connectivity index (χ4n) is 1.75. The van der Waals surface area contributed by atoms with E-state index < -0.39 is 23.5 Å². The molecule has 0 aliphatic carbocycles. The fourth-order valence-corrected chi connectivity index (χ4v) is 1.75. The Bertz CT molecular complexity index is 298. The SMILES string of the molecule is CC(C)C[C@H](NC(=O)C1(N)CCOC1)C(=O)O. The summed E-state index contributed by atoms with van der Waals surface area (Å²) < 4.78 is 5.07. The summed E-state index contributed by atoms with van der Waals surface area (Å²) in [6.07, 6.45) is 0.810. The van der Waals surface area contributed by atoms with Gasteiger partial charge in [0.1, 0.15) is 11.6 Å². The van der Waals surface area contributed by atoms with Crippen LogP contribution in [0.5, 0.6) is 0 Å². The standard InChI is InChI=1S/C11H20N2O4/c1-7(2)5-8(9(14)15)13-10(16)11(12)3-4-17-6-11/h7-8H,3-6,12H2,1-2H3,(H,13,16)(H,14,15)/t8-,11?/m0/s1. The summed E-state index contributed by atoms with van der Waals surface area (Å²) in [6, 6.07) is -0.886. The van der Waals surface area contributed by atoms with E-state index in [1.54, 1.807) is 0 Å². The lowest BCUT2D eigenvalue weighted by molar-refractivity contribution is -0.143. The first kappa shape index (κ1) is 13.9. The molecule has 98 valence electrons. The first-order valence-electron chi connectivity index (χ1n) is 5.75. The maximum Gasteiger partial charge on any atom is 0.326 e. The first-order valence-corrected chi connectivity index (χ1v) is 5.75. The number of ether oxygens (including phenoxy) is 1. The van der Waals surface area contributed by atoms with Gasteiger partial charge < -0.3 is 20.9 Å². The number of carboxylic acid groups (broad SMARTS) is 1. The van der Waals surface area contributed by atoms with Gasteiger partial charge in [-0.1, -0.05) is 13.8 Å². The first-order chi connectivity index (χ1) is 7.85. The molecule has 1 aliphatic rings. The summed E-state index contributed by atoms with van der Waals surface area (Å²) in [5.41, 5.74) is 4.77. The van der Waals surface area contributed by atoms with Crippen LogP contribution in [0.4, 0.5) is 0 Å². The molecular formula is C11H20N2O4.